The molecule has 0 aliphatic carbocycles. The quantitative estimate of drug-likeness (QED) is 0.218. The van der Waals surface area contributed by atoms with Gasteiger partial charge >= 0.3 is 0 Å². The van der Waals surface area contributed by atoms with Gasteiger partial charge in [0, 0.05) is 37.4 Å². The predicted octanol–water partition coefficient (Wildman–Crippen LogP) is 9.94. The maximum atomic E-state index is 5.16. The first-order valence-electron chi connectivity index (χ1n) is 14.0. The van der Waals surface area contributed by atoms with Gasteiger partial charge in [-0.15, -0.1) is 11.3 Å². The summed E-state index contributed by atoms with van der Waals surface area (Å²) in [5.41, 5.74) is 4.12. The van der Waals surface area contributed by atoms with Crippen molar-refractivity contribution in [3.8, 4) is 28.7 Å². The first kappa shape index (κ1) is 23.3. The van der Waals surface area contributed by atoms with Crippen LogP contribution in [0, 0.1) is 0 Å². The Morgan fingerprint density at radius 3 is 1.67 bits per heavy atom. The zero-order chi connectivity index (χ0) is 27.6. The lowest BCUT2D eigenvalue weighted by Crippen LogP contribution is -2.06. The number of benzene rings is 6. The molecule has 0 saturated heterocycles. The highest BCUT2D eigenvalue weighted by molar-refractivity contribution is 7.27. The molecule has 9 rings (SSSR count). The van der Waals surface area contributed by atoms with Crippen LogP contribution in [-0.2, 0) is 0 Å². The predicted molar refractivity (Wildman–Crippen MR) is 177 cm³/mol. The molecule has 0 unspecified atom stereocenters. The summed E-state index contributed by atoms with van der Waals surface area (Å²) < 4.78 is 4.77. The van der Waals surface area contributed by atoms with E-state index in [2.05, 4.69) is 102 Å². The summed E-state index contributed by atoms with van der Waals surface area (Å²) >= 11 is 1.84. The SMILES string of the molecule is [H-].c1ccc(-c2nc(-c3ccccc3)nc(-n3c4ccccc4c4c5ccccc5c5c6ccccc6sc5c43)n2)cc1. The molecule has 5 heteroatoms. The molecule has 42 heavy (non-hydrogen) atoms. The van der Waals surface area contributed by atoms with E-state index in [9.17, 15) is 0 Å². The molecule has 6 aromatic carbocycles. The fourth-order valence-corrected chi connectivity index (χ4v) is 7.49. The van der Waals surface area contributed by atoms with E-state index < -0.39 is 0 Å². The zero-order valence-corrected chi connectivity index (χ0v) is 23.2. The second-order valence-electron chi connectivity index (χ2n) is 10.4. The summed E-state index contributed by atoms with van der Waals surface area (Å²) in [5.74, 6) is 1.92. The Morgan fingerprint density at radius 1 is 0.476 bits per heavy atom. The van der Waals surface area contributed by atoms with Crippen LogP contribution < -0.4 is 0 Å². The molecule has 0 radical (unpaired) electrons. The summed E-state index contributed by atoms with van der Waals surface area (Å²) in [6, 6.07) is 46.4. The van der Waals surface area contributed by atoms with Crippen molar-refractivity contribution in [2.24, 2.45) is 0 Å². The molecule has 198 valence electrons. The van der Waals surface area contributed by atoms with Crippen molar-refractivity contribution in [1.82, 2.24) is 19.5 Å². The molecule has 0 amide bonds. The van der Waals surface area contributed by atoms with Crippen molar-refractivity contribution >= 4 is 64.1 Å². The number of thiophene rings is 1. The minimum atomic E-state index is 0. The molecule has 0 spiro atoms. The normalized spacial score (nSPS) is 11.8. The molecular weight excluding hydrogens is 533 g/mol. The van der Waals surface area contributed by atoms with Crippen LogP contribution >= 0.6 is 11.3 Å². The highest BCUT2D eigenvalue weighted by Crippen LogP contribution is 2.47. The molecule has 3 heterocycles. The van der Waals surface area contributed by atoms with Crippen LogP contribution in [0.2, 0.25) is 0 Å². The molecule has 9 aromatic rings. The lowest BCUT2D eigenvalue weighted by atomic mass is 9.99. The fourth-order valence-electron chi connectivity index (χ4n) is 6.23. The smallest absolute Gasteiger partial charge is 0.238 e. The van der Waals surface area contributed by atoms with Gasteiger partial charge in [0.1, 0.15) is 0 Å². The van der Waals surface area contributed by atoms with Crippen molar-refractivity contribution in [2.45, 2.75) is 0 Å². The summed E-state index contributed by atoms with van der Waals surface area (Å²) in [7, 11) is 0. The molecule has 0 aliphatic heterocycles. The topological polar surface area (TPSA) is 43.6 Å². The molecule has 0 aliphatic rings. The molecular formula is C37H23N4S-. The summed E-state index contributed by atoms with van der Waals surface area (Å²) in [6.45, 7) is 0. The largest absolute Gasteiger partial charge is 1.00 e. The van der Waals surface area contributed by atoms with Gasteiger partial charge < -0.3 is 1.43 Å². The summed E-state index contributed by atoms with van der Waals surface area (Å²) in [5, 5.41) is 7.47. The molecule has 3 aromatic heterocycles. The number of para-hydroxylation sites is 1. The van der Waals surface area contributed by atoms with Gasteiger partial charge in [-0.2, -0.15) is 9.97 Å². The van der Waals surface area contributed by atoms with Crippen molar-refractivity contribution < 1.29 is 1.43 Å². The fraction of sp³-hybridized carbons (Fsp3) is 0. The van der Waals surface area contributed by atoms with Gasteiger partial charge in [-0.1, -0.05) is 121 Å². The average Bonchev–Trinajstić information content (AvgIpc) is 3.62. The number of fused-ring (bicyclic) bond motifs is 10. The van der Waals surface area contributed by atoms with Crippen molar-refractivity contribution in [3.05, 3.63) is 133 Å². The molecule has 0 atom stereocenters. The van der Waals surface area contributed by atoms with E-state index in [4.69, 9.17) is 15.0 Å². The number of rotatable bonds is 3. The van der Waals surface area contributed by atoms with Gasteiger partial charge in [-0.25, -0.2) is 4.98 Å². The van der Waals surface area contributed by atoms with Crippen LogP contribution in [0.15, 0.2) is 133 Å². The number of aromatic nitrogens is 4. The minimum Gasteiger partial charge on any atom is -1.00 e. The third kappa shape index (κ3) is 3.38. The van der Waals surface area contributed by atoms with Crippen molar-refractivity contribution in [3.63, 3.8) is 0 Å². The van der Waals surface area contributed by atoms with E-state index in [1.54, 1.807) is 0 Å². The maximum Gasteiger partial charge on any atom is 0.238 e. The molecule has 0 fully saturated rings. The Labute approximate surface area is 246 Å². The van der Waals surface area contributed by atoms with Crippen molar-refractivity contribution in [2.75, 3.05) is 0 Å². The standard InChI is InChI=1S/C37H22N4S.H/c1-3-13-23(14-4-1)35-38-36(24-15-5-2-6-16-24)40-37(39-35)41-29-21-11-9-19-27(29)31-25-17-7-8-18-26(25)32-28-20-10-12-22-30(28)42-34(32)33(31)41;/h1-22H;/q;-1. The Kier molecular flexibility index (Phi) is 5.03. The zero-order valence-electron chi connectivity index (χ0n) is 23.4. The van der Waals surface area contributed by atoms with Crippen LogP contribution in [0.5, 0.6) is 0 Å². The summed E-state index contributed by atoms with van der Waals surface area (Å²) in [4.78, 5) is 15.3. The van der Waals surface area contributed by atoms with Gasteiger partial charge in [-0.3, -0.25) is 4.57 Å². The second kappa shape index (κ2) is 9.06. The van der Waals surface area contributed by atoms with E-state index in [0.717, 1.165) is 22.2 Å². The Bertz CT molecular complexity index is 2410. The summed E-state index contributed by atoms with van der Waals surface area (Å²) in [6.07, 6.45) is 0. The number of hydrogen-bond donors (Lipinski definition) is 0. The Hall–Kier alpha value is -5.39. The molecule has 0 N–H and O–H groups in total. The molecule has 0 saturated carbocycles. The van der Waals surface area contributed by atoms with Crippen LogP contribution in [0.3, 0.4) is 0 Å². The van der Waals surface area contributed by atoms with Gasteiger partial charge in [-0.05, 0) is 22.9 Å². The first-order chi connectivity index (χ1) is 20.8. The number of hydrogen-bond acceptors (Lipinski definition) is 4. The van der Waals surface area contributed by atoms with Gasteiger partial charge in [0.05, 0.1) is 15.7 Å². The highest BCUT2D eigenvalue weighted by atomic mass is 32.1. The van der Waals surface area contributed by atoms with E-state index in [1.807, 2.05) is 47.7 Å². The highest BCUT2D eigenvalue weighted by Gasteiger charge is 2.23. The van der Waals surface area contributed by atoms with E-state index in [0.29, 0.717) is 17.6 Å². The lowest BCUT2D eigenvalue weighted by Gasteiger charge is -2.12. The van der Waals surface area contributed by atoms with E-state index >= 15 is 0 Å². The molecule has 4 nitrogen and oxygen atoms in total. The van der Waals surface area contributed by atoms with Crippen LogP contribution in [0.4, 0.5) is 0 Å². The minimum absolute atomic E-state index is 0. The van der Waals surface area contributed by atoms with E-state index in [-0.39, 0.29) is 1.43 Å². The second-order valence-corrected chi connectivity index (χ2v) is 11.5. The Morgan fingerprint density at radius 2 is 1.00 bits per heavy atom. The third-order valence-corrected chi connectivity index (χ3v) is 9.22. The number of nitrogens with zero attached hydrogens (tertiary/aromatic N) is 4. The van der Waals surface area contributed by atoms with Crippen LogP contribution in [0.1, 0.15) is 1.43 Å². The third-order valence-electron chi connectivity index (χ3n) is 8.04. The van der Waals surface area contributed by atoms with Crippen LogP contribution in [0.25, 0.3) is 81.5 Å². The van der Waals surface area contributed by atoms with Crippen molar-refractivity contribution in [1.29, 1.82) is 0 Å². The van der Waals surface area contributed by atoms with E-state index in [1.165, 1.54) is 41.7 Å². The van der Waals surface area contributed by atoms with Gasteiger partial charge in [0.25, 0.3) is 0 Å². The maximum absolute atomic E-state index is 5.16. The Balaban J connectivity index is 0.00000278. The van der Waals surface area contributed by atoms with Crippen LogP contribution in [-0.4, -0.2) is 19.5 Å². The average molecular weight is 556 g/mol. The van der Waals surface area contributed by atoms with Gasteiger partial charge in [0.15, 0.2) is 11.6 Å². The lowest BCUT2D eigenvalue weighted by molar-refractivity contribution is 0.955. The monoisotopic (exact) mass is 555 g/mol. The van der Waals surface area contributed by atoms with Gasteiger partial charge in [0.2, 0.25) is 5.95 Å². The first-order valence-corrected chi connectivity index (χ1v) is 14.8. The molecule has 0 bridgehead atoms.